The lowest BCUT2D eigenvalue weighted by Gasteiger charge is -2.23. The molecule has 0 aromatic heterocycles. The first-order chi connectivity index (χ1) is 7.56. The molecule has 86 valence electrons. The van der Waals surface area contributed by atoms with Crippen molar-refractivity contribution in [2.75, 3.05) is 0 Å². The Balaban J connectivity index is 2.36. The minimum absolute atomic E-state index is 0.159. The summed E-state index contributed by atoms with van der Waals surface area (Å²) in [6.07, 6.45) is 0.818. The molecule has 0 aliphatic carbocycles. The highest BCUT2D eigenvalue weighted by molar-refractivity contribution is 9.10. The molecule has 16 heavy (non-hydrogen) atoms. The maximum Gasteiger partial charge on any atom is 0.154 e. The smallest absolute Gasteiger partial charge is 0.154 e. The van der Waals surface area contributed by atoms with Crippen LogP contribution in [0.25, 0.3) is 0 Å². The van der Waals surface area contributed by atoms with Crippen molar-refractivity contribution >= 4 is 32.9 Å². The Bertz CT molecular complexity index is 436. The second-order valence-electron chi connectivity index (χ2n) is 3.81. The number of halogens is 2. The van der Waals surface area contributed by atoms with E-state index in [2.05, 4.69) is 27.8 Å². The van der Waals surface area contributed by atoms with Gasteiger partial charge in [0.25, 0.3) is 0 Å². The van der Waals surface area contributed by atoms with Crippen molar-refractivity contribution in [1.82, 2.24) is 0 Å². The van der Waals surface area contributed by atoms with Crippen LogP contribution in [0.2, 0.25) is 0 Å². The Morgan fingerprint density at radius 3 is 3.00 bits per heavy atom. The number of thioether (sulfide) groups is 1. The molecular weight excluding hydrogens is 291 g/mol. The van der Waals surface area contributed by atoms with E-state index in [-0.39, 0.29) is 11.9 Å². The average Bonchev–Trinajstić information content (AvgIpc) is 2.20. The zero-order valence-corrected chi connectivity index (χ0v) is 11.2. The molecular formula is C11H12BrFN2S. The van der Waals surface area contributed by atoms with Crippen LogP contribution in [0.5, 0.6) is 0 Å². The molecule has 0 saturated carbocycles. The van der Waals surface area contributed by atoms with Gasteiger partial charge in [0, 0.05) is 15.3 Å². The van der Waals surface area contributed by atoms with E-state index in [0.717, 1.165) is 10.9 Å². The van der Waals surface area contributed by atoms with Crippen LogP contribution in [-0.4, -0.2) is 10.4 Å². The Morgan fingerprint density at radius 1 is 1.56 bits per heavy atom. The van der Waals surface area contributed by atoms with E-state index in [1.54, 1.807) is 23.9 Å². The van der Waals surface area contributed by atoms with Crippen molar-refractivity contribution in [2.24, 2.45) is 10.7 Å². The molecule has 1 aliphatic heterocycles. The quantitative estimate of drug-likeness (QED) is 0.862. The zero-order chi connectivity index (χ0) is 11.7. The number of amidine groups is 1. The van der Waals surface area contributed by atoms with Gasteiger partial charge in [-0.3, -0.25) is 4.99 Å². The summed E-state index contributed by atoms with van der Waals surface area (Å²) >= 11 is 4.88. The molecule has 2 N–H and O–H groups in total. The highest BCUT2D eigenvalue weighted by Crippen LogP contribution is 2.35. The van der Waals surface area contributed by atoms with Crippen LogP contribution in [0.4, 0.5) is 4.39 Å². The lowest BCUT2D eigenvalue weighted by atomic mass is 10.0. The summed E-state index contributed by atoms with van der Waals surface area (Å²) in [6, 6.07) is 4.76. The molecule has 0 radical (unpaired) electrons. The number of hydrogen-bond donors (Lipinski definition) is 1. The van der Waals surface area contributed by atoms with Crippen LogP contribution in [0.3, 0.4) is 0 Å². The standard InChI is InChI=1S/C11H12BrFN2S/c1-6-4-10(15-11(14)16-6)8-5-7(12)2-3-9(8)13/h2-3,5-6,10H,4H2,1H3,(H2,14,15). The monoisotopic (exact) mass is 302 g/mol. The fraction of sp³-hybridized carbons (Fsp3) is 0.364. The molecule has 0 amide bonds. The second kappa shape index (κ2) is 4.75. The van der Waals surface area contributed by atoms with Crippen LogP contribution in [0.1, 0.15) is 24.9 Å². The van der Waals surface area contributed by atoms with Crippen molar-refractivity contribution in [1.29, 1.82) is 0 Å². The molecule has 1 aromatic carbocycles. The first-order valence-electron chi connectivity index (χ1n) is 5.01. The minimum Gasteiger partial charge on any atom is -0.379 e. The molecule has 0 fully saturated rings. The van der Waals surface area contributed by atoms with E-state index in [1.165, 1.54) is 6.07 Å². The number of nitrogens with two attached hydrogens (primary N) is 1. The number of rotatable bonds is 1. The van der Waals surface area contributed by atoms with Crippen molar-refractivity contribution in [3.8, 4) is 0 Å². The maximum atomic E-state index is 13.7. The van der Waals surface area contributed by atoms with E-state index in [1.807, 2.05) is 0 Å². The van der Waals surface area contributed by atoms with E-state index in [4.69, 9.17) is 5.73 Å². The Kier molecular flexibility index (Phi) is 3.54. The number of benzene rings is 1. The molecule has 2 unspecified atom stereocenters. The molecule has 0 saturated heterocycles. The van der Waals surface area contributed by atoms with Crippen molar-refractivity contribution in [3.05, 3.63) is 34.1 Å². The third kappa shape index (κ3) is 2.58. The summed E-state index contributed by atoms with van der Waals surface area (Å²) in [6.45, 7) is 2.08. The highest BCUT2D eigenvalue weighted by Gasteiger charge is 2.23. The third-order valence-electron chi connectivity index (χ3n) is 2.48. The SMILES string of the molecule is CC1CC(c2cc(Br)ccc2F)N=C(N)S1. The lowest BCUT2D eigenvalue weighted by Crippen LogP contribution is -2.21. The Morgan fingerprint density at radius 2 is 2.31 bits per heavy atom. The number of nitrogens with zero attached hydrogens (tertiary/aromatic N) is 1. The molecule has 1 aromatic rings. The maximum absolute atomic E-state index is 13.7. The van der Waals surface area contributed by atoms with Gasteiger partial charge in [-0.25, -0.2) is 4.39 Å². The van der Waals surface area contributed by atoms with Gasteiger partial charge in [-0.15, -0.1) is 0 Å². The normalized spacial score (nSPS) is 25.3. The van der Waals surface area contributed by atoms with Crippen molar-refractivity contribution in [3.63, 3.8) is 0 Å². The summed E-state index contributed by atoms with van der Waals surface area (Å²) in [4.78, 5) is 4.30. The van der Waals surface area contributed by atoms with E-state index >= 15 is 0 Å². The largest absolute Gasteiger partial charge is 0.379 e. The first-order valence-corrected chi connectivity index (χ1v) is 6.68. The predicted octanol–water partition coefficient (Wildman–Crippen LogP) is 3.47. The molecule has 0 bridgehead atoms. The van der Waals surface area contributed by atoms with Crippen LogP contribution in [-0.2, 0) is 0 Å². The van der Waals surface area contributed by atoms with Crippen molar-refractivity contribution in [2.45, 2.75) is 24.6 Å². The van der Waals surface area contributed by atoms with E-state index in [9.17, 15) is 4.39 Å². The lowest BCUT2D eigenvalue weighted by molar-refractivity contribution is 0.562. The van der Waals surface area contributed by atoms with E-state index < -0.39 is 0 Å². The number of aliphatic imine (C=N–C) groups is 1. The van der Waals surface area contributed by atoms with Gasteiger partial charge in [-0.1, -0.05) is 34.6 Å². The van der Waals surface area contributed by atoms with E-state index in [0.29, 0.717) is 16.0 Å². The average molecular weight is 303 g/mol. The molecule has 0 spiro atoms. The zero-order valence-electron chi connectivity index (χ0n) is 8.78. The Hall–Kier alpha value is -0.550. The summed E-state index contributed by atoms with van der Waals surface area (Å²) < 4.78 is 14.5. The Labute approximate surface area is 107 Å². The van der Waals surface area contributed by atoms with Crippen molar-refractivity contribution < 1.29 is 4.39 Å². The predicted molar refractivity (Wildman–Crippen MR) is 70.1 cm³/mol. The van der Waals surface area contributed by atoms with Gasteiger partial charge < -0.3 is 5.73 Å². The topological polar surface area (TPSA) is 38.4 Å². The molecule has 1 aliphatic rings. The van der Waals surface area contributed by atoms with Gasteiger partial charge >= 0.3 is 0 Å². The fourth-order valence-electron chi connectivity index (χ4n) is 1.77. The molecule has 2 nitrogen and oxygen atoms in total. The van der Waals surface area contributed by atoms with Gasteiger partial charge in [-0.05, 0) is 24.6 Å². The fourth-order valence-corrected chi connectivity index (χ4v) is 3.03. The summed E-state index contributed by atoms with van der Waals surface area (Å²) in [5, 5.41) is 0.920. The van der Waals surface area contributed by atoms with Gasteiger partial charge in [0.2, 0.25) is 0 Å². The van der Waals surface area contributed by atoms with Crippen LogP contribution >= 0.6 is 27.7 Å². The van der Waals surface area contributed by atoms with Gasteiger partial charge in [-0.2, -0.15) is 0 Å². The van der Waals surface area contributed by atoms with Crippen LogP contribution < -0.4 is 5.73 Å². The highest BCUT2D eigenvalue weighted by atomic mass is 79.9. The summed E-state index contributed by atoms with van der Waals surface area (Å²) in [5.74, 6) is -0.219. The first kappa shape index (κ1) is 11.9. The molecule has 1 heterocycles. The number of hydrogen-bond acceptors (Lipinski definition) is 3. The van der Waals surface area contributed by atoms with Gasteiger partial charge in [0.05, 0.1) is 6.04 Å². The summed E-state index contributed by atoms with van der Waals surface area (Å²) in [7, 11) is 0. The van der Waals surface area contributed by atoms with Gasteiger partial charge in [0.1, 0.15) is 5.82 Å². The van der Waals surface area contributed by atoms with Gasteiger partial charge in [0.15, 0.2) is 5.17 Å². The molecule has 2 rings (SSSR count). The second-order valence-corrected chi connectivity index (χ2v) is 6.19. The minimum atomic E-state index is -0.219. The summed E-state index contributed by atoms with van der Waals surface area (Å²) in [5.41, 5.74) is 6.34. The third-order valence-corrected chi connectivity index (χ3v) is 3.91. The van der Waals surface area contributed by atoms with Crippen LogP contribution in [0.15, 0.2) is 27.7 Å². The molecule has 5 heteroatoms. The molecule has 2 atom stereocenters. The van der Waals surface area contributed by atoms with Crippen LogP contribution in [0, 0.1) is 5.82 Å².